The van der Waals surface area contributed by atoms with Crippen LogP contribution in [0.5, 0.6) is 0 Å². The predicted molar refractivity (Wildman–Crippen MR) is 77.0 cm³/mol. The highest BCUT2D eigenvalue weighted by Crippen LogP contribution is 2.33. The van der Waals surface area contributed by atoms with Gasteiger partial charge in [-0.25, -0.2) is 0 Å². The molecule has 0 aliphatic carbocycles. The molecule has 6 heteroatoms. The third-order valence-corrected chi connectivity index (χ3v) is 3.28. The molecule has 1 unspecified atom stereocenters. The van der Waals surface area contributed by atoms with Crippen molar-refractivity contribution in [2.24, 2.45) is 0 Å². The molecule has 0 aromatic heterocycles. The fraction of sp³-hybridized carbons (Fsp3) is 0.533. The molecule has 1 aromatic rings. The maximum absolute atomic E-state index is 12.9. The fourth-order valence-electron chi connectivity index (χ4n) is 2.17. The molecule has 0 heterocycles. The second-order valence-corrected chi connectivity index (χ2v) is 4.90. The van der Waals surface area contributed by atoms with E-state index in [1.54, 1.807) is 6.07 Å². The van der Waals surface area contributed by atoms with Gasteiger partial charge in [0, 0.05) is 18.3 Å². The Balaban J connectivity index is 2.88. The van der Waals surface area contributed by atoms with E-state index in [1.165, 1.54) is 12.1 Å². The third-order valence-electron chi connectivity index (χ3n) is 3.28. The zero-order chi connectivity index (χ0) is 16.0. The minimum Gasteiger partial charge on any atom is -0.381 e. The largest absolute Gasteiger partial charge is 0.417 e. The summed E-state index contributed by atoms with van der Waals surface area (Å²) in [6.07, 6.45) is -4.52. The smallest absolute Gasteiger partial charge is 0.381 e. The van der Waals surface area contributed by atoms with Gasteiger partial charge >= 0.3 is 6.18 Å². The van der Waals surface area contributed by atoms with Crippen molar-refractivity contribution in [2.75, 3.05) is 25.0 Å². The van der Waals surface area contributed by atoms with Gasteiger partial charge in [0.2, 0.25) is 0 Å². The fourth-order valence-corrected chi connectivity index (χ4v) is 2.17. The number of nitriles is 1. The molecule has 0 saturated heterocycles. The molecular weight excluding hydrogens is 279 g/mol. The van der Waals surface area contributed by atoms with E-state index in [-0.39, 0.29) is 11.6 Å². The van der Waals surface area contributed by atoms with Crippen molar-refractivity contribution in [1.29, 1.82) is 5.26 Å². The summed E-state index contributed by atoms with van der Waals surface area (Å²) in [7, 11) is 0. The maximum atomic E-state index is 12.9. The second-order valence-electron chi connectivity index (χ2n) is 4.90. The minimum absolute atomic E-state index is 0.0129. The van der Waals surface area contributed by atoms with Gasteiger partial charge in [-0.05, 0) is 38.2 Å². The average molecular weight is 299 g/mol. The standard InChI is InChI=1S/C15H20F3N3/c1-4-21(5-2)10-11(3)20-13-7-6-12(9-19)14(8-13)15(16,17)18/h6-8,11,20H,4-5,10H2,1-3H3. The highest BCUT2D eigenvalue weighted by molar-refractivity contribution is 5.53. The minimum atomic E-state index is -4.52. The summed E-state index contributed by atoms with van der Waals surface area (Å²) in [6, 6.07) is 5.30. The molecule has 1 N–H and O–H groups in total. The summed E-state index contributed by atoms with van der Waals surface area (Å²) < 4.78 is 38.7. The van der Waals surface area contributed by atoms with Crippen LogP contribution in [0, 0.1) is 11.3 Å². The van der Waals surface area contributed by atoms with Crippen molar-refractivity contribution in [2.45, 2.75) is 33.0 Å². The van der Waals surface area contributed by atoms with Crippen molar-refractivity contribution in [3.05, 3.63) is 29.3 Å². The number of anilines is 1. The van der Waals surface area contributed by atoms with Crippen molar-refractivity contribution < 1.29 is 13.2 Å². The van der Waals surface area contributed by atoms with Gasteiger partial charge in [-0.15, -0.1) is 0 Å². The van der Waals surface area contributed by atoms with E-state index >= 15 is 0 Å². The SMILES string of the molecule is CCN(CC)CC(C)Nc1ccc(C#N)c(C(F)(F)F)c1. The number of likely N-dealkylation sites (N-methyl/N-ethyl adjacent to an activating group) is 1. The first-order chi connectivity index (χ1) is 9.81. The molecule has 1 aromatic carbocycles. The van der Waals surface area contributed by atoms with Crippen LogP contribution in [0.2, 0.25) is 0 Å². The van der Waals surface area contributed by atoms with Crippen LogP contribution in [0.15, 0.2) is 18.2 Å². The zero-order valence-electron chi connectivity index (χ0n) is 12.5. The Bertz CT molecular complexity index is 502. The van der Waals surface area contributed by atoms with Gasteiger partial charge in [-0.1, -0.05) is 13.8 Å². The van der Waals surface area contributed by atoms with Crippen LogP contribution >= 0.6 is 0 Å². The van der Waals surface area contributed by atoms with E-state index in [4.69, 9.17) is 5.26 Å². The lowest BCUT2D eigenvalue weighted by molar-refractivity contribution is -0.137. The Kier molecular flexibility index (Phi) is 6.03. The van der Waals surface area contributed by atoms with Crippen LogP contribution in [0.25, 0.3) is 0 Å². The van der Waals surface area contributed by atoms with Crippen LogP contribution in [-0.2, 0) is 6.18 Å². The quantitative estimate of drug-likeness (QED) is 0.870. The molecule has 0 aliphatic rings. The Hall–Kier alpha value is -1.74. The molecule has 0 spiro atoms. The summed E-state index contributed by atoms with van der Waals surface area (Å²) in [5, 5.41) is 11.8. The molecule has 0 bridgehead atoms. The Labute approximate surface area is 123 Å². The second kappa shape index (κ2) is 7.32. The van der Waals surface area contributed by atoms with E-state index in [0.717, 1.165) is 25.7 Å². The Morgan fingerprint density at radius 1 is 1.29 bits per heavy atom. The van der Waals surface area contributed by atoms with Crippen molar-refractivity contribution in [1.82, 2.24) is 4.90 Å². The summed E-state index contributed by atoms with van der Waals surface area (Å²) in [6.45, 7) is 8.53. The molecule has 1 rings (SSSR count). The first-order valence-electron chi connectivity index (χ1n) is 6.92. The zero-order valence-corrected chi connectivity index (χ0v) is 12.5. The van der Waals surface area contributed by atoms with Gasteiger partial charge in [-0.2, -0.15) is 18.4 Å². The molecule has 116 valence electrons. The molecule has 0 amide bonds. The Morgan fingerprint density at radius 2 is 1.90 bits per heavy atom. The number of benzene rings is 1. The highest BCUT2D eigenvalue weighted by Gasteiger charge is 2.33. The summed E-state index contributed by atoms with van der Waals surface area (Å²) >= 11 is 0. The normalized spacial score (nSPS) is 13.0. The van der Waals surface area contributed by atoms with Crippen molar-refractivity contribution in [3.63, 3.8) is 0 Å². The Morgan fingerprint density at radius 3 is 2.38 bits per heavy atom. The number of alkyl halides is 3. The van der Waals surface area contributed by atoms with Crippen LogP contribution in [0.1, 0.15) is 31.9 Å². The number of nitrogens with zero attached hydrogens (tertiary/aromatic N) is 2. The van der Waals surface area contributed by atoms with Gasteiger partial charge in [0.15, 0.2) is 0 Å². The van der Waals surface area contributed by atoms with Crippen LogP contribution in [-0.4, -0.2) is 30.6 Å². The molecule has 0 aliphatic heterocycles. The number of rotatable bonds is 6. The number of hydrogen-bond acceptors (Lipinski definition) is 3. The molecular formula is C15H20F3N3. The first-order valence-corrected chi connectivity index (χ1v) is 6.92. The van der Waals surface area contributed by atoms with Gasteiger partial charge in [0.1, 0.15) is 0 Å². The third kappa shape index (κ3) is 4.94. The topological polar surface area (TPSA) is 39.1 Å². The van der Waals surface area contributed by atoms with Gasteiger partial charge in [-0.3, -0.25) is 0 Å². The van der Waals surface area contributed by atoms with Crippen LogP contribution in [0.4, 0.5) is 18.9 Å². The molecule has 0 radical (unpaired) electrons. The molecule has 1 atom stereocenters. The van der Waals surface area contributed by atoms with E-state index in [2.05, 4.69) is 10.2 Å². The van der Waals surface area contributed by atoms with Crippen LogP contribution < -0.4 is 5.32 Å². The van der Waals surface area contributed by atoms with Crippen molar-refractivity contribution >= 4 is 5.69 Å². The van der Waals surface area contributed by atoms with E-state index in [1.807, 2.05) is 20.8 Å². The van der Waals surface area contributed by atoms with Crippen molar-refractivity contribution in [3.8, 4) is 6.07 Å². The van der Waals surface area contributed by atoms with Gasteiger partial charge in [0.05, 0.1) is 17.2 Å². The maximum Gasteiger partial charge on any atom is 0.417 e. The highest BCUT2D eigenvalue weighted by atomic mass is 19.4. The van der Waals surface area contributed by atoms with E-state index < -0.39 is 11.7 Å². The number of nitrogens with one attached hydrogen (secondary N) is 1. The lowest BCUT2D eigenvalue weighted by atomic mass is 10.1. The number of halogens is 3. The molecule has 0 fully saturated rings. The molecule has 3 nitrogen and oxygen atoms in total. The average Bonchev–Trinajstić information content (AvgIpc) is 2.43. The van der Waals surface area contributed by atoms with E-state index in [0.29, 0.717) is 5.69 Å². The lowest BCUT2D eigenvalue weighted by Gasteiger charge is -2.24. The first kappa shape index (κ1) is 17.3. The summed E-state index contributed by atoms with van der Waals surface area (Å²) in [5.41, 5.74) is -0.879. The summed E-state index contributed by atoms with van der Waals surface area (Å²) in [5.74, 6) is 0. The molecule has 21 heavy (non-hydrogen) atoms. The van der Waals surface area contributed by atoms with Crippen LogP contribution in [0.3, 0.4) is 0 Å². The van der Waals surface area contributed by atoms with Gasteiger partial charge < -0.3 is 10.2 Å². The number of hydrogen-bond donors (Lipinski definition) is 1. The molecule has 0 saturated carbocycles. The lowest BCUT2D eigenvalue weighted by Crippen LogP contribution is -2.34. The summed E-state index contributed by atoms with van der Waals surface area (Å²) in [4.78, 5) is 2.19. The monoisotopic (exact) mass is 299 g/mol. The predicted octanol–water partition coefficient (Wildman–Crippen LogP) is 3.72. The van der Waals surface area contributed by atoms with Gasteiger partial charge in [0.25, 0.3) is 0 Å². The van der Waals surface area contributed by atoms with E-state index in [9.17, 15) is 13.2 Å².